The Morgan fingerprint density at radius 1 is 0.545 bits per heavy atom. The van der Waals surface area contributed by atoms with Crippen LogP contribution in [0, 0.1) is 6.92 Å². The van der Waals surface area contributed by atoms with Crippen molar-refractivity contribution in [3.63, 3.8) is 0 Å². The Hall–Kier alpha value is -7.44. The predicted molar refractivity (Wildman–Crippen MR) is 225 cm³/mol. The Morgan fingerprint density at radius 3 is 2.24 bits per heavy atom. The topological polar surface area (TPSA) is 64.6 Å². The van der Waals surface area contributed by atoms with Gasteiger partial charge in [0.05, 0.1) is 27.6 Å². The van der Waals surface area contributed by atoms with Crippen LogP contribution in [0.1, 0.15) is 5.56 Å². The van der Waals surface area contributed by atoms with E-state index in [-0.39, 0.29) is 0 Å². The monoisotopic (exact) mass is 705 g/mol. The average Bonchev–Trinajstić information content (AvgIpc) is 3.99. The molecular formula is C49H31N5O. The second kappa shape index (κ2) is 11.3. The van der Waals surface area contributed by atoms with E-state index in [4.69, 9.17) is 14.4 Å². The number of para-hydroxylation sites is 4. The zero-order chi connectivity index (χ0) is 36.2. The maximum atomic E-state index is 6.39. The Bertz CT molecular complexity index is 3490. The number of H-pyrrole nitrogens is 1. The molecule has 0 amide bonds. The fraction of sp³-hybridized carbons (Fsp3) is 0.0204. The van der Waals surface area contributed by atoms with Gasteiger partial charge < -0.3 is 9.40 Å². The number of nitrogens with zero attached hydrogens (tertiary/aromatic N) is 4. The number of rotatable bonds is 4. The van der Waals surface area contributed by atoms with Gasteiger partial charge in [0, 0.05) is 66.9 Å². The van der Waals surface area contributed by atoms with E-state index in [0.717, 1.165) is 105 Å². The maximum absolute atomic E-state index is 6.39. The van der Waals surface area contributed by atoms with E-state index in [9.17, 15) is 0 Å². The van der Waals surface area contributed by atoms with Crippen molar-refractivity contribution in [3.05, 3.63) is 169 Å². The van der Waals surface area contributed by atoms with Crippen molar-refractivity contribution in [1.29, 1.82) is 0 Å². The molecule has 0 bridgehead atoms. The molecule has 0 spiro atoms. The Balaban J connectivity index is 1.15. The van der Waals surface area contributed by atoms with Gasteiger partial charge in [-0.25, -0.2) is 9.97 Å². The van der Waals surface area contributed by atoms with E-state index in [0.29, 0.717) is 0 Å². The minimum absolute atomic E-state index is 0.854. The maximum Gasteiger partial charge on any atom is 0.147 e. The normalized spacial score (nSPS) is 12.1. The number of aromatic amines is 1. The summed E-state index contributed by atoms with van der Waals surface area (Å²) in [4.78, 5) is 14.2. The Labute approximate surface area is 314 Å². The lowest BCUT2D eigenvalue weighted by molar-refractivity contribution is 0.669. The van der Waals surface area contributed by atoms with Crippen molar-refractivity contribution in [1.82, 2.24) is 24.1 Å². The molecule has 0 aliphatic heterocycles. The molecule has 0 atom stereocenters. The molecule has 0 saturated carbocycles. The summed E-state index contributed by atoms with van der Waals surface area (Å²) in [5, 5.41) is 6.92. The molecule has 0 radical (unpaired) electrons. The summed E-state index contributed by atoms with van der Waals surface area (Å²) in [5.74, 6) is 1.75. The molecule has 55 heavy (non-hydrogen) atoms. The minimum Gasteiger partial charge on any atom is -0.456 e. The summed E-state index contributed by atoms with van der Waals surface area (Å²) in [7, 11) is 0. The highest BCUT2D eigenvalue weighted by molar-refractivity contribution is 6.18. The number of imidazole rings is 1. The van der Waals surface area contributed by atoms with Crippen LogP contribution >= 0.6 is 0 Å². The first-order valence-corrected chi connectivity index (χ1v) is 18.6. The van der Waals surface area contributed by atoms with Gasteiger partial charge in [0.1, 0.15) is 22.8 Å². The van der Waals surface area contributed by atoms with Crippen LogP contribution in [0.25, 0.3) is 111 Å². The number of nitrogens with one attached hydrogen (secondary N) is 1. The lowest BCUT2D eigenvalue weighted by Gasteiger charge is -2.12. The second-order valence-electron chi connectivity index (χ2n) is 14.3. The number of aromatic nitrogens is 5. The quantitative estimate of drug-likeness (QED) is 0.198. The summed E-state index contributed by atoms with van der Waals surface area (Å²) in [6, 6.07) is 55.6. The van der Waals surface area contributed by atoms with E-state index < -0.39 is 0 Å². The lowest BCUT2D eigenvalue weighted by Crippen LogP contribution is -1.98. The van der Waals surface area contributed by atoms with E-state index in [1.165, 1.54) is 10.8 Å². The third-order valence-electron chi connectivity index (χ3n) is 11.3. The molecule has 0 aliphatic rings. The summed E-state index contributed by atoms with van der Waals surface area (Å²) in [6.45, 7) is 2.19. The van der Waals surface area contributed by atoms with Crippen molar-refractivity contribution in [2.75, 3.05) is 0 Å². The molecule has 12 rings (SSSR count). The molecular weight excluding hydrogens is 675 g/mol. The van der Waals surface area contributed by atoms with E-state index in [2.05, 4.69) is 155 Å². The highest BCUT2D eigenvalue weighted by Gasteiger charge is 2.23. The molecule has 0 unspecified atom stereocenters. The van der Waals surface area contributed by atoms with Crippen LogP contribution in [-0.2, 0) is 0 Å². The van der Waals surface area contributed by atoms with E-state index in [1.807, 2.05) is 30.5 Å². The van der Waals surface area contributed by atoms with E-state index >= 15 is 0 Å². The summed E-state index contributed by atoms with van der Waals surface area (Å²) >= 11 is 0. The van der Waals surface area contributed by atoms with Gasteiger partial charge in [-0.2, -0.15) is 0 Å². The van der Waals surface area contributed by atoms with Crippen LogP contribution in [0.15, 0.2) is 168 Å². The Kier molecular flexibility index (Phi) is 6.17. The number of pyridine rings is 1. The van der Waals surface area contributed by atoms with Gasteiger partial charge >= 0.3 is 0 Å². The van der Waals surface area contributed by atoms with Gasteiger partial charge in [0.15, 0.2) is 0 Å². The summed E-state index contributed by atoms with van der Waals surface area (Å²) in [6.07, 6.45) is 1.85. The molecule has 5 heterocycles. The zero-order valence-electron chi connectivity index (χ0n) is 29.8. The zero-order valence-corrected chi connectivity index (χ0v) is 29.8. The second-order valence-corrected chi connectivity index (χ2v) is 14.3. The molecule has 0 fully saturated rings. The van der Waals surface area contributed by atoms with Gasteiger partial charge in [-0.3, -0.25) is 9.13 Å². The third-order valence-corrected chi connectivity index (χ3v) is 11.3. The number of aryl methyl sites for hydroxylation is 1. The Morgan fingerprint density at radius 2 is 1.35 bits per heavy atom. The van der Waals surface area contributed by atoms with E-state index in [1.54, 1.807) is 0 Å². The van der Waals surface area contributed by atoms with Gasteiger partial charge in [-0.05, 0) is 78.7 Å². The number of furan rings is 1. The van der Waals surface area contributed by atoms with Gasteiger partial charge in [0.2, 0.25) is 0 Å². The van der Waals surface area contributed by atoms with Gasteiger partial charge in [-0.15, -0.1) is 0 Å². The molecule has 0 aliphatic carbocycles. The van der Waals surface area contributed by atoms with Crippen LogP contribution in [0.3, 0.4) is 0 Å². The third kappa shape index (κ3) is 4.30. The molecule has 12 aromatic rings. The molecule has 5 aromatic heterocycles. The SMILES string of the molecule is Cc1ccc2c(nc(-c3cccc4c3[nH]c3ccccc34)n2-c2ccccc2)c1-c1ccc2c3cc4c(cc3n(-c3ccccn3)c2c1)oc1ccccc14. The average molecular weight is 706 g/mol. The fourth-order valence-corrected chi connectivity index (χ4v) is 8.81. The van der Waals surface area contributed by atoms with Crippen LogP contribution < -0.4 is 0 Å². The highest BCUT2D eigenvalue weighted by Crippen LogP contribution is 2.43. The molecule has 258 valence electrons. The smallest absolute Gasteiger partial charge is 0.147 e. The van der Waals surface area contributed by atoms with Crippen LogP contribution in [0.2, 0.25) is 0 Å². The van der Waals surface area contributed by atoms with Crippen molar-refractivity contribution < 1.29 is 4.42 Å². The number of benzene rings is 7. The van der Waals surface area contributed by atoms with Crippen molar-refractivity contribution >= 4 is 76.6 Å². The first kappa shape index (κ1) is 30.1. The predicted octanol–water partition coefficient (Wildman–Crippen LogP) is 12.7. The standard InChI is InChI=1S/C49H31N5O/c1-29-21-24-40-48(52-49(53(40)31-12-3-2-4-13-31)36-17-11-16-35-32-14-5-7-18-39(32)51-47(35)36)46(29)30-22-23-33-37-27-38-34-15-6-8-19-43(34)55-44(38)28-42(37)54(41(33)26-30)45-20-9-10-25-50-45/h2-28,51H,1H3. The largest absolute Gasteiger partial charge is 0.456 e. The van der Waals surface area contributed by atoms with Crippen LogP contribution in [0.4, 0.5) is 0 Å². The van der Waals surface area contributed by atoms with Crippen LogP contribution in [0.5, 0.6) is 0 Å². The number of hydrogen-bond acceptors (Lipinski definition) is 3. The molecule has 6 nitrogen and oxygen atoms in total. The van der Waals surface area contributed by atoms with Crippen LogP contribution in [-0.4, -0.2) is 24.1 Å². The van der Waals surface area contributed by atoms with Crippen molar-refractivity contribution in [3.8, 4) is 34.0 Å². The van der Waals surface area contributed by atoms with Crippen molar-refractivity contribution in [2.24, 2.45) is 0 Å². The van der Waals surface area contributed by atoms with Crippen molar-refractivity contribution in [2.45, 2.75) is 6.92 Å². The molecule has 7 aromatic carbocycles. The number of fused-ring (bicyclic) bond motifs is 10. The molecule has 0 saturated heterocycles. The molecule has 1 N–H and O–H groups in total. The summed E-state index contributed by atoms with van der Waals surface area (Å²) in [5.41, 5.74) is 13.5. The fourth-order valence-electron chi connectivity index (χ4n) is 8.81. The highest BCUT2D eigenvalue weighted by atomic mass is 16.3. The number of hydrogen-bond donors (Lipinski definition) is 1. The van der Waals surface area contributed by atoms with Gasteiger partial charge in [0.25, 0.3) is 0 Å². The van der Waals surface area contributed by atoms with Gasteiger partial charge in [-0.1, -0.05) is 91.0 Å². The molecule has 6 heteroatoms. The lowest BCUT2D eigenvalue weighted by atomic mass is 9.97. The first-order valence-electron chi connectivity index (χ1n) is 18.6. The summed E-state index contributed by atoms with van der Waals surface area (Å²) < 4.78 is 11.0. The minimum atomic E-state index is 0.854. The first-order chi connectivity index (χ1) is 27.2.